The van der Waals surface area contributed by atoms with Gasteiger partial charge in [-0.3, -0.25) is 9.78 Å². The van der Waals surface area contributed by atoms with Crippen molar-refractivity contribution in [3.05, 3.63) is 41.3 Å². The molecule has 0 amide bonds. The average molecular weight is 371 g/mol. The Morgan fingerprint density at radius 1 is 1.04 bits per heavy atom. The number of esters is 1. The molecule has 1 aromatic heterocycles. The molecule has 0 saturated carbocycles. The number of nitrogens with one attached hydrogen (secondary N) is 1. The van der Waals surface area contributed by atoms with Crippen molar-refractivity contribution in [1.82, 2.24) is 9.97 Å². The predicted octanol–water partition coefficient (Wildman–Crippen LogP) is 4.23. The molecule has 2 aromatic rings. The standard InChI is InChI=1S/C21H29N3O3/c1-13(26)27-19-16(20(2,3)4)8-14(9-17(19)21(5,6)7)24-18-11-22-15(12-25)10-23-18/h8-11,25H,12H2,1-7H3,(H,23,24). The molecule has 2 N–H and O–H groups in total. The highest BCUT2D eigenvalue weighted by Gasteiger charge is 2.29. The molecule has 27 heavy (non-hydrogen) atoms. The normalized spacial score (nSPS) is 12.0. The van der Waals surface area contributed by atoms with Gasteiger partial charge >= 0.3 is 5.97 Å². The van der Waals surface area contributed by atoms with Gasteiger partial charge < -0.3 is 15.2 Å². The van der Waals surface area contributed by atoms with Crippen LogP contribution in [0.5, 0.6) is 5.75 Å². The van der Waals surface area contributed by atoms with Crippen LogP contribution in [-0.2, 0) is 22.2 Å². The SMILES string of the molecule is CC(=O)Oc1c(C(C)(C)C)cc(Nc2cnc(CO)cn2)cc1C(C)(C)C. The predicted molar refractivity (Wildman–Crippen MR) is 106 cm³/mol. The van der Waals surface area contributed by atoms with Gasteiger partial charge in [0.25, 0.3) is 0 Å². The van der Waals surface area contributed by atoms with Gasteiger partial charge in [-0.1, -0.05) is 41.5 Å². The summed E-state index contributed by atoms with van der Waals surface area (Å²) in [6.45, 7) is 13.8. The molecule has 0 saturated heterocycles. The summed E-state index contributed by atoms with van der Waals surface area (Å²) in [4.78, 5) is 20.2. The van der Waals surface area contributed by atoms with Crippen LogP contribution in [0.4, 0.5) is 11.5 Å². The lowest BCUT2D eigenvalue weighted by molar-refractivity contribution is -0.132. The first-order valence-electron chi connectivity index (χ1n) is 8.98. The van der Waals surface area contributed by atoms with E-state index >= 15 is 0 Å². The maximum atomic E-state index is 11.7. The molecule has 0 aliphatic carbocycles. The second kappa shape index (κ2) is 7.64. The topological polar surface area (TPSA) is 84.3 Å². The molecule has 146 valence electrons. The summed E-state index contributed by atoms with van der Waals surface area (Å²) in [6, 6.07) is 3.96. The molecule has 2 rings (SSSR count). The number of aromatic nitrogens is 2. The van der Waals surface area contributed by atoms with Crippen molar-refractivity contribution < 1.29 is 14.6 Å². The van der Waals surface area contributed by atoms with Gasteiger partial charge in [-0.2, -0.15) is 0 Å². The van der Waals surface area contributed by atoms with Crippen LogP contribution in [0.1, 0.15) is 65.3 Å². The molecule has 0 bridgehead atoms. The Morgan fingerprint density at radius 3 is 1.96 bits per heavy atom. The monoisotopic (exact) mass is 371 g/mol. The Balaban J connectivity index is 2.59. The quantitative estimate of drug-likeness (QED) is 0.618. The summed E-state index contributed by atoms with van der Waals surface area (Å²) < 4.78 is 5.64. The molecule has 0 unspecified atom stereocenters. The lowest BCUT2D eigenvalue weighted by Crippen LogP contribution is -2.21. The fourth-order valence-corrected chi connectivity index (χ4v) is 2.72. The Morgan fingerprint density at radius 2 is 1.59 bits per heavy atom. The minimum absolute atomic E-state index is 0.146. The van der Waals surface area contributed by atoms with E-state index in [-0.39, 0.29) is 23.4 Å². The lowest BCUT2D eigenvalue weighted by atomic mass is 9.79. The second-order valence-electron chi connectivity index (χ2n) is 8.67. The van der Waals surface area contributed by atoms with Crippen LogP contribution in [0.25, 0.3) is 0 Å². The lowest BCUT2D eigenvalue weighted by Gasteiger charge is -2.30. The van der Waals surface area contributed by atoms with Crippen LogP contribution in [0.2, 0.25) is 0 Å². The highest BCUT2D eigenvalue weighted by molar-refractivity contribution is 5.73. The summed E-state index contributed by atoms with van der Waals surface area (Å²) >= 11 is 0. The van der Waals surface area contributed by atoms with Gasteiger partial charge in [0.1, 0.15) is 11.6 Å². The summed E-state index contributed by atoms with van der Waals surface area (Å²) in [6.07, 6.45) is 3.12. The Hall–Kier alpha value is -2.47. The Kier molecular flexibility index (Phi) is 5.90. The van der Waals surface area contributed by atoms with E-state index in [0.717, 1.165) is 16.8 Å². The summed E-state index contributed by atoms with van der Waals surface area (Å²) in [5.74, 6) is 0.860. The van der Waals surface area contributed by atoms with Crippen LogP contribution in [0.15, 0.2) is 24.5 Å². The number of nitrogens with zero attached hydrogens (tertiary/aromatic N) is 2. The largest absolute Gasteiger partial charge is 0.426 e. The van der Waals surface area contributed by atoms with Crippen molar-refractivity contribution in [2.75, 3.05) is 5.32 Å². The fraction of sp³-hybridized carbons (Fsp3) is 0.476. The Labute approximate surface area is 161 Å². The first kappa shape index (κ1) is 20.8. The summed E-state index contributed by atoms with van der Waals surface area (Å²) in [5.41, 5.74) is 2.77. The van der Waals surface area contributed by atoms with Gasteiger partial charge in [0.05, 0.1) is 24.7 Å². The molecule has 0 aliphatic heterocycles. The minimum Gasteiger partial charge on any atom is -0.426 e. The number of carbonyl (C=O) groups excluding carboxylic acids is 1. The van der Waals surface area contributed by atoms with Crippen molar-refractivity contribution in [2.45, 2.75) is 65.9 Å². The van der Waals surface area contributed by atoms with Crippen LogP contribution < -0.4 is 10.1 Å². The number of hydrogen-bond donors (Lipinski definition) is 2. The molecule has 6 heteroatoms. The van der Waals surface area contributed by atoms with E-state index in [0.29, 0.717) is 17.3 Å². The molecule has 1 heterocycles. The number of rotatable bonds is 4. The number of carbonyl (C=O) groups is 1. The molecule has 1 aromatic carbocycles. The van der Waals surface area contributed by atoms with E-state index in [2.05, 4.69) is 56.8 Å². The van der Waals surface area contributed by atoms with Crippen LogP contribution in [0, 0.1) is 0 Å². The number of aliphatic hydroxyl groups excluding tert-OH is 1. The Bertz CT molecular complexity index is 781. The first-order valence-corrected chi connectivity index (χ1v) is 8.98. The van der Waals surface area contributed by atoms with Gasteiger partial charge in [0.15, 0.2) is 0 Å². The van der Waals surface area contributed by atoms with E-state index in [4.69, 9.17) is 9.84 Å². The van der Waals surface area contributed by atoms with Gasteiger partial charge in [-0.25, -0.2) is 4.98 Å². The van der Waals surface area contributed by atoms with Crippen molar-refractivity contribution in [1.29, 1.82) is 0 Å². The second-order valence-corrected chi connectivity index (χ2v) is 8.67. The molecule has 6 nitrogen and oxygen atoms in total. The minimum atomic E-state index is -0.336. The number of hydrogen-bond acceptors (Lipinski definition) is 6. The van der Waals surface area contributed by atoms with Crippen molar-refractivity contribution >= 4 is 17.5 Å². The molecular weight excluding hydrogens is 342 g/mol. The summed E-state index contributed by atoms with van der Waals surface area (Å²) in [5, 5.41) is 12.4. The number of aliphatic hydroxyl groups is 1. The van der Waals surface area contributed by atoms with Gasteiger partial charge in [0.2, 0.25) is 0 Å². The fourth-order valence-electron chi connectivity index (χ4n) is 2.72. The molecule has 0 radical (unpaired) electrons. The third-order valence-corrected chi connectivity index (χ3v) is 4.09. The van der Waals surface area contributed by atoms with E-state index in [1.165, 1.54) is 13.1 Å². The van der Waals surface area contributed by atoms with E-state index in [1.54, 1.807) is 6.20 Å². The zero-order valence-electron chi connectivity index (χ0n) is 17.2. The van der Waals surface area contributed by atoms with Crippen molar-refractivity contribution in [3.63, 3.8) is 0 Å². The molecular formula is C21H29N3O3. The van der Waals surface area contributed by atoms with Gasteiger partial charge in [-0.15, -0.1) is 0 Å². The maximum absolute atomic E-state index is 11.7. The smallest absolute Gasteiger partial charge is 0.308 e. The number of benzene rings is 1. The van der Waals surface area contributed by atoms with E-state index < -0.39 is 0 Å². The number of ether oxygens (including phenoxy) is 1. The van der Waals surface area contributed by atoms with Gasteiger partial charge in [0, 0.05) is 23.7 Å². The molecule has 0 fully saturated rings. The zero-order chi connectivity index (χ0) is 20.4. The van der Waals surface area contributed by atoms with E-state index in [1.807, 2.05) is 12.1 Å². The summed E-state index contributed by atoms with van der Waals surface area (Å²) in [7, 11) is 0. The first-order chi connectivity index (χ1) is 12.4. The average Bonchev–Trinajstić information content (AvgIpc) is 2.54. The highest BCUT2D eigenvalue weighted by atomic mass is 16.5. The van der Waals surface area contributed by atoms with Crippen LogP contribution >= 0.6 is 0 Å². The van der Waals surface area contributed by atoms with Crippen molar-refractivity contribution in [2.24, 2.45) is 0 Å². The van der Waals surface area contributed by atoms with Crippen LogP contribution in [0.3, 0.4) is 0 Å². The third kappa shape index (κ3) is 5.26. The molecule has 0 aliphatic rings. The van der Waals surface area contributed by atoms with Gasteiger partial charge in [-0.05, 0) is 23.0 Å². The molecule has 0 atom stereocenters. The zero-order valence-corrected chi connectivity index (χ0v) is 17.2. The third-order valence-electron chi connectivity index (χ3n) is 4.09. The highest BCUT2D eigenvalue weighted by Crippen LogP contribution is 2.42. The molecule has 0 spiro atoms. The van der Waals surface area contributed by atoms with Crippen molar-refractivity contribution in [3.8, 4) is 5.75 Å². The van der Waals surface area contributed by atoms with E-state index in [9.17, 15) is 4.79 Å². The number of anilines is 2. The maximum Gasteiger partial charge on any atom is 0.308 e. The van der Waals surface area contributed by atoms with Crippen LogP contribution in [-0.4, -0.2) is 21.0 Å².